The van der Waals surface area contributed by atoms with E-state index in [0.717, 1.165) is 47.2 Å². The fourth-order valence-electron chi connectivity index (χ4n) is 5.03. The number of hydrogen-bond donors (Lipinski definition) is 0. The third-order valence-electron chi connectivity index (χ3n) is 7.35. The average molecular weight is 479 g/mol. The van der Waals surface area contributed by atoms with Crippen molar-refractivity contribution in [2.75, 3.05) is 13.1 Å². The molecule has 0 aromatic heterocycles. The average Bonchev–Trinajstić information content (AvgIpc) is 3.31. The number of nitrogens with zero attached hydrogens (tertiary/aromatic N) is 2. The Morgan fingerprint density at radius 3 is 2.06 bits per heavy atom. The first kappa shape index (κ1) is 24.1. The van der Waals surface area contributed by atoms with E-state index in [-0.39, 0.29) is 16.9 Å². The van der Waals surface area contributed by atoms with Crippen molar-refractivity contribution in [1.82, 2.24) is 4.90 Å². The molecular weight excluding hydrogens is 444 g/mol. The van der Waals surface area contributed by atoms with Gasteiger partial charge in [-0.05, 0) is 33.2 Å². The molecule has 5 rings (SSSR count). The minimum atomic E-state index is -0.295. The smallest absolute Gasteiger partial charge is 0.247 e. The van der Waals surface area contributed by atoms with Gasteiger partial charge in [0.25, 0.3) is 0 Å². The molecule has 2 aliphatic heterocycles. The zero-order chi connectivity index (χ0) is 25.2. The third-order valence-corrected chi connectivity index (χ3v) is 7.35. The fourth-order valence-corrected chi connectivity index (χ4v) is 5.03. The van der Waals surface area contributed by atoms with Crippen molar-refractivity contribution >= 4 is 17.2 Å². The van der Waals surface area contributed by atoms with Crippen LogP contribution in [0.25, 0.3) is 5.57 Å². The first-order chi connectivity index (χ1) is 17.3. The lowest BCUT2D eigenvalue weighted by Crippen LogP contribution is -2.46. The standard InChI is InChI=1S/C32H34N2O2/c1-31(2,3)27-16-14-25(15-17-27)28(24-10-6-4-7-11-24)22-30(35)34-20-18-32(19-21-34)23-29(33-36-32)26-12-8-5-9-13-26/h4-17,22H,18-21,23H2,1-3H3. The lowest BCUT2D eigenvalue weighted by molar-refractivity contribution is -0.131. The van der Waals surface area contributed by atoms with E-state index in [2.05, 4.69) is 74.5 Å². The van der Waals surface area contributed by atoms with Gasteiger partial charge in [0.1, 0.15) is 5.60 Å². The second-order valence-corrected chi connectivity index (χ2v) is 10.9. The van der Waals surface area contributed by atoms with Gasteiger partial charge in [0.05, 0.1) is 5.71 Å². The zero-order valence-corrected chi connectivity index (χ0v) is 21.4. The number of rotatable bonds is 4. The molecule has 0 radical (unpaired) electrons. The Bertz CT molecular complexity index is 1260. The van der Waals surface area contributed by atoms with Crippen LogP contribution in [0.15, 0.2) is 96.2 Å². The van der Waals surface area contributed by atoms with Crippen molar-refractivity contribution < 1.29 is 9.63 Å². The molecule has 0 atom stereocenters. The highest BCUT2D eigenvalue weighted by Gasteiger charge is 2.43. The Kier molecular flexibility index (Phi) is 6.53. The number of oxime groups is 1. The highest BCUT2D eigenvalue weighted by atomic mass is 16.7. The van der Waals surface area contributed by atoms with Gasteiger partial charge in [-0.15, -0.1) is 0 Å². The number of hydrogen-bond acceptors (Lipinski definition) is 3. The summed E-state index contributed by atoms with van der Waals surface area (Å²) in [5.41, 5.74) is 6.23. The van der Waals surface area contributed by atoms with Gasteiger partial charge in [-0.1, -0.05) is 111 Å². The van der Waals surface area contributed by atoms with E-state index >= 15 is 0 Å². The normalized spacial score (nSPS) is 17.6. The molecule has 1 fully saturated rings. The Morgan fingerprint density at radius 1 is 0.861 bits per heavy atom. The molecule has 184 valence electrons. The number of benzene rings is 3. The molecule has 0 unspecified atom stereocenters. The molecule has 0 N–H and O–H groups in total. The zero-order valence-electron chi connectivity index (χ0n) is 21.4. The molecule has 1 amide bonds. The van der Waals surface area contributed by atoms with Crippen LogP contribution < -0.4 is 0 Å². The van der Waals surface area contributed by atoms with Gasteiger partial charge in [0.15, 0.2) is 0 Å². The van der Waals surface area contributed by atoms with Gasteiger partial charge >= 0.3 is 0 Å². The van der Waals surface area contributed by atoms with Crippen LogP contribution in [-0.2, 0) is 15.0 Å². The fraction of sp³-hybridized carbons (Fsp3) is 0.312. The van der Waals surface area contributed by atoms with Crippen LogP contribution in [0.4, 0.5) is 0 Å². The summed E-state index contributed by atoms with van der Waals surface area (Å²) in [5, 5.41) is 4.41. The summed E-state index contributed by atoms with van der Waals surface area (Å²) in [7, 11) is 0. The molecule has 4 nitrogen and oxygen atoms in total. The largest absolute Gasteiger partial charge is 0.388 e. The lowest BCUT2D eigenvalue weighted by atomic mass is 9.85. The van der Waals surface area contributed by atoms with Crippen molar-refractivity contribution in [2.45, 2.75) is 51.0 Å². The first-order valence-corrected chi connectivity index (χ1v) is 12.8. The monoisotopic (exact) mass is 478 g/mol. The maximum absolute atomic E-state index is 13.5. The van der Waals surface area contributed by atoms with Crippen LogP contribution in [-0.4, -0.2) is 35.2 Å². The highest BCUT2D eigenvalue weighted by molar-refractivity contribution is 6.02. The molecule has 1 saturated heterocycles. The van der Waals surface area contributed by atoms with Crippen molar-refractivity contribution in [3.63, 3.8) is 0 Å². The molecule has 3 aromatic rings. The highest BCUT2D eigenvalue weighted by Crippen LogP contribution is 2.36. The van der Waals surface area contributed by atoms with E-state index in [0.29, 0.717) is 13.1 Å². The van der Waals surface area contributed by atoms with Crippen molar-refractivity contribution in [1.29, 1.82) is 0 Å². The second-order valence-electron chi connectivity index (χ2n) is 10.9. The molecule has 4 heteroatoms. The molecular formula is C32H34N2O2. The molecule has 0 aliphatic carbocycles. The predicted octanol–water partition coefficient (Wildman–Crippen LogP) is 6.60. The summed E-state index contributed by atoms with van der Waals surface area (Å²) < 4.78 is 0. The Hall–Kier alpha value is -3.66. The SMILES string of the molecule is CC(C)(C)c1ccc(C(=CC(=O)N2CCC3(CC2)CC(c2ccccc2)=NO3)c2ccccc2)cc1. The third kappa shape index (κ3) is 5.13. The first-order valence-electron chi connectivity index (χ1n) is 12.8. The Labute approximate surface area is 214 Å². The summed E-state index contributed by atoms with van der Waals surface area (Å²) in [4.78, 5) is 21.4. The van der Waals surface area contributed by atoms with Gasteiger partial charge in [-0.3, -0.25) is 4.79 Å². The van der Waals surface area contributed by atoms with Crippen LogP contribution in [0.3, 0.4) is 0 Å². The number of carbonyl (C=O) groups is 1. The van der Waals surface area contributed by atoms with E-state index in [1.54, 1.807) is 6.08 Å². The van der Waals surface area contributed by atoms with Crippen LogP contribution in [0.2, 0.25) is 0 Å². The van der Waals surface area contributed by atoms with Gasteiger partial charge in [-0.25, -0.2) is 0 Å². The quantitative estimate of drug-likeness (QED) is 0.396. The lowest BCUT2D eigenvalue weighted by Gasteiger charge is -2.37. The summed E-state index contributed by atoms with van der Waals surface area (Å²) in [5.74, 6) is 0.0470. The summed E-state index contributed by atoms with van der Waals surface area (Å²) in [6.45, 7) is 7.97. The number of piperidine rings is 1. The van der Waals surface area contributed by atoms with E-state index in [1.807, 2.05) is 41.3 Å². The van der Waals surface area contributed by atoms with Crippen molar-refractivity contribution in [3.05, 3.63) is 113 Å². The predicted molar refractivity (Wildman–Crippen MR) is 146 cm³/mol. The minimum absolute atomic E-state index is 0.0470. The maximum Gasteiger partial charge on any atom is 0.247 e. The van der Waals surface area contributed by atoms with E-state index in [1.165, 1.54) is 5.56 Å². The van der Waals surface area contributed by atoms with E-state index in [4.69, 9.17) is 4.84 Å². The Balaban J connectivity index is 1.31. The molecule has 0 saturated carbocycles. The van der Waals surface area contributed by atoms with Gasteiger partial charge in [0.2, 0.25) is 5.91 Å². The topological polar surface area (TPSA) is 41.9 Å². The molecule has 36 heavy (non-hydrogen) atoms. The maximum atomic E-state index is 13.5. The van der Waals surface area contributed by atoms with E-state index < -0.39 is 0 Å². The van der Waals surface area contributed by atoms with E-state index in [9.17, 15) is 4.79 Å². The van der Waals surface area contributed by atoms with Crippen LogP contribution >= 0.6 is 0 Å². The van der Waals surface area contributed by atoms with Crippen molar-refractivity contribution in [3.8, 4) is 0 Å². The minimum Gasteiger partial charge on any atom is -0.388 e. The second kappa shape index (κ2) is 9.77. The summed E-state index contributed by atoms with van der Waals surface area (Å²) in [6, 6.07) is 29.0. The molecule has 1 spiro atoms. The summed E-state index contributed by atoms with van der Waals surface area (Å²) >= 11 is 0. The van der Waals surface area contributed by atoms with Crippen LogP contribution in [0.1, 0.15) is 62.3 Å². The number of amides is 1. The molecule has 2 heterocycles. The van der Waals surface area contributed by atoms with Gasteiger partial charge in [-0.2, -0.15) is 0 Å². The summed E-state index contributed by atoms with van der Waals surface area (Å²) in [6.07, 6.45) is 4.17. The van der Waals surface area contributed by atoms with Crippen molar-refractivity contribution in [2.24, 2.45) is 5.16 Å². The molecule has 0 bridgehead atoms. The number of likely N-dealkylation sites (tertiary alicyclic amines) is 1. The number of carbonyl (C=O) groups excluding carboxylic acids is 1. The van der Waals surface area contributed by atoms with Crippen LogP contribution in [0, 0.1) is 0 Å². The van der Waals surface area contributed by atoms with Crippen LogP contribution in [0.5, 0.6) is 0 Å². The van der Waals surface area contributed by atoms with Gasteiger partial charge < -0.3 is 9.74 Å². The van der Waals surface area contributed by atoms with Gasteiger partial charge in [0, 0.05) is 38.4 Å². The molecule has 3 aromatic carbocycles. The molecule has 2 aliphatic rings. The Morgan fingerprint density at radius 2 is 1.44 bits per heavy atom.